The SMILES string of the molecule is Cc1cccc(F)c1C(=O)N1CCC[C@H](C(=O)Nc2cc(Cl)ccc2Cl)[C@@H]1C. The van der Waals surface area contributed by atoms with E-state index in [-0.39, 0.29) is 23.4 Å². The maximum atomic E-state index is 14.3. The van der Waals surface area contributed by atoms with Crippen LogP contribution < -0.4 is 5.32 Å². The number of anilines is 1. The number of aryl methyl sites for hydroxylation is 1. The third-order valence-corrected chi connectivity index (χ3v) is 5.77. The number of piperidine rings is 1. The summed E-state index contributed by atoms with van der Waals surface area (Å²) in [5.74, 6) is -1.60. The van der Waals surface area contributed by atoms with E-state index in [0.717, 1.165) is 0 Å². The van der Waals surface area contributed by atoms with Gasteiger partial charge in [0.2, 0.25) is 5.91 Å². The maximum Gasteiger partial charge on any atom is 0.257 e. The summed E-state index contributed by atoms with van der Waals surface area (Å²) in [5, 5.41) is 3.65. The van der Waals surface area contributed by atoms with E-state index in [2.05, 4.69) is 5.32 Å². The summed E-state index contributed by atoms with van der Waals surface area (Å²) in [6, 6.07) is 9.02. The second-order valence-electron chi connectivity index (χ2n) is 7.03. The molecule has 3 rings (SSSR count). The molecule has 1 aliphatic rings. The zero-order valence-corrected chi connectivity index (χ0v) is 17.1. The van der Waals surface area contributed by atoms with E-state index >= 15 is 0 Å². The van der Waals surface area contributed by atoms with Crippen molar-refractivity contribution in [2.45, 2.75) is 32.7 Å². The predicted octanol–water partition coefficient (Wildman–Crippen LogP) is 5.32. The van der Waals surface area contributed by atoms with Gasteiger partial charge in [0, 0.05) is 17.6 Å². The smallest absolute Gasteiger partial charge is 0.257 e. The molecule has 0 aromatic heterocycles. The van der Waals surface area contributed by atoms with E-state index in [9.17, 15) is 14.0 Å². The van der Waals surface area contributed by atoms with Gasteiger partial charge in [-0.1, -0.05) is 35.3 Å². The Morgan fingerprint density at radius 2 is 1.96 bits per heavy atom. The molecule has 148 valence electrons. The number of nitrogens with zero attached hydrogens (tertiary/aromatic N) is 1. The van der Waals surface area contributed by atoms with Crippen LogP contribution in [0.3, 0.4) is 0 Å². The van der Waals surface area contributed by atoms with Gasteiger partial charge in [0.1, 0.15) is 5.82 Å². The number of amides is 2. The summed E-state index contributed by atoms with van der Waals surface area (Å²) in [6.07, 6.45) is 1.29. The lowest BCUT2D eigenvalue weighted by molar-refractivity contribution is -0.122. The Morgan fingerprint density at radius 3 is 2.68 bits per heavy atom. The average Bonchev–Trinajstić information content (AvgIpc) is 2.64. The van der Waals surface area contributed by atoms with Crippen LogP contribution in [0.25, 0.3) is 0 Å². The first-order valence-electron chi connectivity index (χ1n) is 9.11. The molecular formula is C21H21Cl2FN2O2. The van der Waals surface area contributed by atoms with E-state index in [0.29, 0.717) is 40.7 Å². The van der Waals surface area contributed by atoms with Crippen molar-refractivity contribution in [3.63, 3.8) is 0 Å². The van der Waals surface area contributed by atoms with E-state index in [4.69, 9.17) is 23.2 Å². The monoisotopic (exact) mass is 422 g/mol. The fraction of sp³-hybridized carbons (Fsp3) is 0.333. The zero-order valence-electron chi connectivity index (χ0n) is 15.6. The molecule has 7 heteroatoms. The number of halogens is 3. The molecule has 0 radical (unpaired) electrons. The lowest BCUT2D eigenvalue weighted by Crippen LogP contribution is -2.50. The molecule has 1 N–H and O–H groups in total. The van der Waals surface area contributed by atoms with Gasteiger partial charge in [-0.2, -0.15) is 0 Å². The van der Waals surface area contributed by atoms with Gasteiger partial charge in [0.15, 0.2) is 0 Å². The van der Waals surface area contributed by atoms with Gasteiger partial charge in [0.25, 0.3) is 5.91 Å². The van der Waals surface area contributed by atoms with Crippen LogP contribution in [0.1, 0.15) is 35.7 Å². The normalized spacial score (nSPS) is 19.4. The first-order valence-corrected chi connectivity index (χ1v) is 9.87. The molecule has 4 nitrogen and oxygen atoms in total. The Kier molecular flexibility index (Phi) is 6.26. The van der Waals surface area contributed by atoms with E-state index in [1.807, 2.05) is 6.92 Å². The molecule has 0 bridgehead atoms. The standard InChI is InChI=1S/C21H21Cl2FN2O2/c1-12-5-3-7-17(24)19(12)21(28)26-10-4-6-15(13(26)2)20(27)25-18-11-14(22)8-9-16(18)23/h3,5,7-9,11,13,15H,4,6,10H2,1-2H3,(H,25,27)/t13-,15-/m0/s1. The van der Waals surface area contributed by atoms with Crippen molar-refractivity contribution in [3.05, 3.63) is 63.4 Å². The summed E-state index contributed by atoms with van der Waals surface area (Å²) in [5.41, 5.74) is 1.07. The summed E-state index contributed by atoms with van der Waals surface area (Å²) < 4.78 is 14.3. The largest absolute Gasteiger partial charge is 0.335 e. The van der Waals surface area contributed by atoms with Gasteiger partial charge in [0.05, 0.1) is 22.2 Å². The molecule has 0 unspecified atom stereocenters. The third kappa shape index (κ3) is 4.15. The molecule has 2 aromatic rings. The molecule has 1 saturated heterocycles. The van der Waals surface area contributed by atoms with Gasteiger partial charge < -0.3 is 10.2 Å². The Hall–Kier alpha value is -2.11. The second kappa shape index (κ2) is 8.50. The van der Waals surface area contributed by atoms with Crippen molar-refractivity contribution < 1.29 is 14.0 Å². The topological polar surface area (TPSA) is 49.4 Å². The van der Waals surface area contributed by atoms with Crippen molar-refractivity contribution in [1.29, 1.82) is 0 Å². The van der Waals surface area contributed by atoms with Crippen LogP contribution >= 0.6 is 23.2 Å². The summed E-state index contributed by atoms with van der Waals surface area (Å²) >= 11 is 12.1. The van der Waals surface area contributed by atoms with Crippen molar-refractivity contribution in [1.82, 2.24) is 4.90 Å². The van der Waals surface area contributed by atoms with Crippen molar-refractivity contribution in [3.8, 4) is 0 Å². The first kappa shape index (κ1) is 20.6. The highest BCUT2D eigenvalue weighted by atomic mass is 35.5. The minimum Gasteiger partial charge on any atom is -0.335 e. The molecule has 2 atom stereocenters. The number of nitrogens with one attached hydrogen (secondary N) is 1. The fourth-order valence-electron chi connectivity index (χ4n) is 3.65. The molecule has 2 amide bonds. The minimum atomic E-state index is -0.547. The van der Waals surface area contributed by atoms with Crippen LogP contribution in [0.15, 0.2) is 36.4 Å². The lowest BCUT2D eigenvalue weighted by atomic mass is 9.88. The van der Waals surface area contributed by atoms with Crippen LogP contribution in [0.4, 0.5) is 10.1 Å². The number of carbonyl (C=O) groups is 2. The van der Waals surface area contributed by atoms with Crippen LogP contribution in [0.2, 0.25) is 10.0 Å². The first-order chi connectivity index (χ1) is 13.3. The van der Waals surface area contributed by atoms with Gasteiger partial charge in [-0.25, -0.2) is 4.39 Å². The molecule has 1 heterocycles. The Morgan fingerprint density at radius 1 is 1.21 bits per heavy atom. The molecule has 0 spiro atoms. The number of hydrogen-bond acceptors (Lipinski definition) is 2. The molecular weight excluding hydrogens is 402 g/mol. The highest BCUT2D eigenvalue weighted by Gasteiger charge is 2.37. The Labute approximate surface area is 173 Å². The molecule has 0 saturated carbocycles. The Bertz CT molecular complexity index is 899. The summed E-state index contributed by atoms with van der Waals surface area (Å²) in [4.78, 5) is 27.4. The van der Waals surface area contributed by atoms with Crippen LogP contribution in [0.5, 0.6) is 0 Å². The van der Waals surface area contributed by atoms with E-state index in [1.165, 1.54) is 6.07 Å². The molecule has 0 aliphatic carbocycles. The predicted molar refractivity (Wildman–Crippen MR) is 109 cm³/mol. The van der Waals surface area contributed by atoms with Gasteiger partial charge in [-0.3, -0.25) is 9.59 Å². The average molecular weight is 423 g/mol. The number of rotatable bonds is 3. The van der Waals surface area contributed by atoms with Crippen molar-refractivity contribution >= 4 is 40.7 Å². The van der Waals surface area contributed by atoms with Gasteiger partial charge in [-0.15, -0.1) is 0 Å². The van der Waals surface area contributed by atoms with Crippen LogP contribution in [0, 0.1) is 18.7 Å². The second-order valence-corrected chi connectivity index (χ2v) is 7.88. The molecule has 28 heavy (non-hydrogen) atoms. The van der Waals surface area contributed by atoms with Crippen LogP contribution in [-0.2, 0) is 4.79 Å². The van der Waals surface area contributed by atoms with E-state index in [1.54, 1.807) is 42.2 Å². The summed E-state index contributed by atoms with van der Waals surface area (Å²) in [6.45, 7) is 4.00. The van der Waals surface area contributed by atoms with Crippen molar-refractivity contribution in [2.24, 2.45) is 5.92 Å². The number of hydrogen-bond donors (Lipinski definition) is 1. The number of carbonyl (C=O) groups excluding carboxylic acids is 2. The number of benzene rings is 2. The highest BCUT2D eigenvalue weighted by molar-refractivity contribution is 6.35. The number of likely N-dealkylation sites (tertiary alicyclic amines) is 1. The quantitative estimate of drug-likeness (QED) is 0.727. The zero-order chi connectivity index (χ0) is 20.4. The molecule has 1 fully saturated rings. The lowest BCUT2D eigenvalue weighted by Gasteiger charge is -2.39. The third-order valence-electron chi connectivity index (χ3n) is 5.21. The van der Waals surface area contributed by atoms with Crippen LogP contribution in [-0.4, -0.2) is 29.3 Å². The van der Waals surface area contributed by atoms with Gasteiger partial charge in [-0.05, 0) is 56.5 Å². The minimum absolute atomic E-state index is 0.0632. The Balaban J connectivity index is 1.80. The highest BCUT2D eigenvalue weighted by Crippen LogP contribution is 2.30. The molecule has 1 aliphatic heterocycles. The summed E-state index contributed by atoms with van der Waals surface area (Å²) in [7, 11) is 0. The van der Waals surface area contributed by atoms with E-state index < -0.39 is 11.7 Å². The van der Waals surface area contributed by atoms with Gasteiger partial charge >= 0.3 is 0 Å². The molecule has 2 aromatic carbocycles. The fourth-order valence-corrected chi connectivity index (χ4v) is 3.98. The van der Waals surface area contributed by atoms with Crippen molar-refractivity contribution in [2.75, 3.05) is 11.9 Å². The maximum absolute atomic E-state index is 14.3.